The second-order valence-corrected chi connectivity index (χ2v) is 5.85. The topological polar surface area (TPSA) is 83.3 Å². The maximum Gasteiger partial charge on any atom is 0.263 e. The molecule has 2 N–H and O–H groups in total. The van der Waals surface area contributed by atoms with Crippen molar-refractivity contribution < 1.29 is 5.11 Å². The van der Waals surface area contributed by atoms with Gasteiger partial charge in [-0.15, -0.1) is 5.10 Å². The molecule has 3 rings (SSSR count). The van der Waals surface area contributed by atoms with Gasteiger partial charge in [-0.1, -0.05) is 30.3 Å². The number of phenolic OH excluding ortho intramolecular Hbond substituents is 1. The Morgan fingerprint density at radius 1 is 1.13 bits per heavy atom. The summed E-state index contributed by atoms with van der Waals surface area (Å²) in [5, 5.41) is 21.6. The smallest absolute Gasteiger partial charge is 0.263 e. The number of nitrogens with one attached hydrogen (secondary N) is 1. The molecular weight excluding hydrogens is 405 g/mol. The van der Waals surface area contributed by atoms with E-state index < -0.39 is 0 Å². The number of rotatable bonds is 4. The minimum Gasteiger partial charge on any atom is -0.507 e. The average Bonchev–Trinajstić information content (AvgIpc) is 2.59. The molecule has 3 aromatic rings. The number of aromatic hydroxyl groups is 1. The van der Waals surface area contributed by atoms with Crippen molar-refractivity contribution >= 4 is 34.8 Å². The summed E-state index contributed by atoms with van der Waals surface area (Å²) in [6.45, 7) is 0. The van der Waals surface area contributed by atoms with Crippen LogP contribution >= 0.6 is 22.6 Å². The Balaban J connectivity index is 1.76. The van der Waals surface area contributed by atoms with E-state index in [-0.39, 0.29) is 11.7 Å². The molecule has 1 aromatic heterocycles. The number of hydrazone groups is 1. The molecule has 0 saturated heterocycles. The minimum absolute atomic E-state index is 0.160. The number of nitrogens with zero attached hydrogens (tertiary/aromatic N) is 4. The second-order valence-electron chi connectivity index (χ2n) is 4.60. The second kappa shape index (κ2) is 7.14. The molecule has 0 aliphatic carbocycles. The van der Waals surface area contributed by atoms with Gasteiger partial charge in [0.2, 0.25) is 0 Å². The van der Waals surface area contributed by atoms with Crippen LogP contribution in [0.5, 0.6) is 5.75 Å². The predicted octanol–water partition coefficient (Wildman–Crippen LogP) is 3.29. The van der Waals surface area contributed by atoms with Crippen molar-refractivity contribution in [2.45, 2.75) is 0 Å². The van der Waals surface area contributed by atoms with Gasteiger partial charge in [-0.2, -0.15) is 10.2 Å². The van der Waals surface area contributed by atoms with Crippen molar-refractivity contribution in [1.82, 2.24) is 15.2 Å². The Labute approximate surface area is 146 Å². The van der Waals surface area contributed by atoms with Crippen LogP contribution in [0.3, 0.4) is 0 Å². The van der Waals surface area contributed by atoms with Crippen LogP contribution in [0.25, 0.3) is 11.3 Å². The van der Waals surface area contributed by atoms with E-state index in [9.17, 15) is 5.11 Å². The van der Waals surface area contributed by atoms with Gasteiger partial charge < -0.3 is 5.11 Å². The molecule has 23 heavy (non-hydrogen) atoms. The molecule has 0 aliphatic rings. The Hall–Kier alpha value is -2.55. The van der Waals surface area contributed by atoms with Crippen LogP contribution in [-0.2, 0) is 0 Å². The van der Waals surface area contributed by atoms with Gasteiger partial charge in [0.15, 0.2) is 0 Å². The number of aromatic nitrogens is 3. The first-order valence-electron chi connectivity index (χ1n) is 6.75. The first kappa shape index (κ1) is 15.3. The highest BCUT2D eigenvalue weighted by Crippen LogP contribution is 2.18. The van der Waals surface area contributed by atoms with E-state index >= 15 is 0 Å². The molecule has 0 spiro atoms. The van der Waals surface area contributed by atoms with Crippen molar-refractivity contribution in [1.29, 1.82) is 0 Å². The molecule has 0 bridgehead atoms. The zero-order valence-electron chi connectivity index (χ0n) is 11.9. The Kier molecular flexibility index (Phi) is 4.77. The SMILES string of the molecule is Oc1ccc(I)cc1/C=N/Nc1nncc(-c2ccccc2)n1. The maximum absolute atomic E-state index is 9.76. The fraction of sp³-hybridized carbons (Fsp3) is 0. The van der Waals surface area contributed by atoms with Gasteiger partial charge in [0.1, 0.15) is 5.75 Å². The normalized spacial score (nSPS) is 10.8. The fourth-order valence-corrected chi connectivity index (χ4v) is 2.40. The first-order valence-corrected chi connectivity index (χ1v) is 7.83. The van der Waals surface area contributed by atoms with Crippen LogP contribution in [-0.4, -0.2) is 26.5 Å². The van der Waals surface area contributed by atoms with Gasteiger partial charge in [0, 0.05) is 14.7 Å². The maximum atomic E-state index is 9.76. The van der Waals surface area contributed by atoms with E-state index in [0.717, 1.165) is 9.13 Å². The van der Waals surface area contributed by atoms with Crippen LogP contribution in [0.15, 0.2) is 59.8 Å². The zero-order valence-corrected chi connectivity index (χ0v) is 14.0. The van der Waals surface area contributed by atoms with Crippen molar-refractivity contribution in [3.8, 4) is 17.0 Å². The lowest BCUT2D eigenvalue weighted by Gasteiger charge is -2.02. The van der Waals surface area contributed by atoms with Crippen molar-refractivity contribution in [2.24, 2.45) is 5.10 Å². The van der Waals surface area contributed by atoms with Crippen molar-refractivity contribution in [2.75, 3.05) is 5.43 Å². The molecule has 0 atom stereocenters. The minimum atomic E-state index is 0.160. The lowest BCUT2D eigenvalue weighted by molar-refractivity contribution is 0.474. The molecule has 6 nitrogen and oxygen atoms in total. The standard InChI is InChI=1S/C16H12IN5O/c17-13-6-7-15(23)12(8-13)9-18-21-16-20-14(10-19-22-16)11-4-2-1-3-5-11/h1-10,23H,(H,20,21,22)/b18-9+. The summed E-state index contributed by atoms with van der Waals surface area (Å²) in [5.41, 5.74) is 4.98. The number of halogens is 1. The average molecular weight is 417 g/mol. The highest BCUT2D eigenvalue weighted by Gasteiger charge is 2.02. The van der Waals surface area contributed by atoms with Crippen LogP contribution < -0.4 is 5.43 Å². The summed E-state index contributed by atoms with van der Waals surface area (Å²) in [5.74, 6) is 0.445. The molecule has 7 heteroatoms. The highest BCUT2D eigenvalue weighted by atomic mass is 127. The molecule has 0 unspecified atom stereocenters. The third-order valence-corrected chi connectivity index (χ3v) is 3.66. The summed E-state index contributed by atoms with van der Waals surface area (Å²) < 4.78 is 1.01. The van der Waals surface area contributed by atoms with Gasteiger partial charge in [-0.05, 0) is 40.8 Å². The van der Waals surface area contributed by atoms with Crippen LogP contribution in [0.4, 0.5) is 5.95 Å². The number of benzene rings is 2. The molecule has 1 heterocycles. The molecule has 114 valence electrons. The Morgan fingerprint density at radius 3 is 2.78 bits per heavy atom. The van der Waals surface area contributed by atoms with Crippen LogP contribution in [0.2, 0.25) is 0 Å². The number of hydrogen-bond donors (Lipinski definition) is 2. The monoisotopic (exact) mass is 417 g/mol. The van der Waals surface area contributed by atoms with Gasteiger partial charge in [0.25, 0.3) is 5.95 Å². The lowest BCUT2D eigenvalue weighted by atomic mass is 10.2. The molecule has 2 aromatic carbocycles. The lowest BCUT2D eigenvalue weighted by Crippen LogP contribution is -2.00. The van der Waals surface area contributed by atoms with Gasteiger partial charge >= 0.3 is 0 Å². The summed E-state index contributed by atoms with van der Waals surface area (Å²) in [6, 6.07) is 15.0. The van der Waals surface area contributed by atoms with E-state index in [1.807, 2.05) is 42.5 Å². The van der Waals surface area contributed by atoms with Crippen molar-refractivity contribution in [3.63, 3.8) is 0 Å². The molecular formula is C16H12IN5O. The van der Waals surface area contributed by atoms with Gasteiger partial charge in [-0.25, -0.2) is 10.4 Å². The van der Waals surface area contributed by atoms with Crippen LogP contribution in [0.1, 0.15) is 5.56 Å². The summed E-state index contributed by atoms with van der Waals surface area (Å²) in [7, 11) is 0. The fourth-order valence-electron chi connectivity index (χ4n) is 1.89. The number of phenols is 1. The van der Waals surface area contributed by atoms with E-state index in [0.29, 0.717) is 11.3 Å². The highest BCUT2D eigenvalue weighted by molar-refractivity contribution is 14.1. The molecule has 0 fully saturated rings. The predicted molar refractivity (Wildman–Crippen MR) is 97.3 cm³/mol. The quantitative estimate of drug-likeness (QED) is 0.387. The van der Waals surface area contributed by atoms with Gasteiger partial charge in [0.05, 0.1) is 18.1 Å². The Morgan fingerprint density at radius 2 is 1.96 bits per heavy atom. The van der Waals surface area contributed by atoms with Crippen molar-refractivity contribution in [3.05, 3.63) is 63.9 Å². The molecule has 0 aliphatic heterocycles. The summed E-state index contributed by atoms with van der Waals surface area (Å²) in [4.78, 5) is 4.35. The van der Waals surface area contributed by atoms with E-state index in [4.69, 9.17) is 0 Å². The Bertz CT molecular complexity index is 839. The number of hydrogen-bond acceptors (Lipinski definition) is 6. The summed E-state index contributed by atoms with van der Waals surface area (Å²) >= 11 is 2.17. The third kappa shape index (κ3) is 4.01. The molecule has 0 saturated carbocycles. The molecule has 0 amide bonds. The number of anilines is 1. The van der Waals surface area contributed by atoms with E-state index in [2.05, 4.69) is 48.3 Å². The van der Waals surface area contributed by atoms with Gasteiger partial charge in [-0.3, -0.25) is 0 Å². The first-order chi connectivity index (χ1) is 11.2. The third-order valence-electron chi connectivity index (χ3n) is 2.99. The van der Waals surface area contributed by atoms with Crippen LogP contribution in [0, 0.1) is 3.57 Å². The zero-order chi connectivity index (χ0) is 16.1. The molecule has 0 radical (unpaired) electrons. The largest absolute Gasteiger partial charge is 0.507 e. The summed E-state index contributed by atoms with van der Waals surface area (Å²) in [6.07, 6.45) is 3.10. The van der Waals surface area contributed by atoms with E-state index in [1.54, 1.807) is 12.3 Å². The van der Waals surface area contributed by atoms with E-state index in [1.165, 1.54) is 6.21 Å².